The van der Waals surface area contributed by atoms with Gasteiger partial charge in [-0.15, -0.1) is 22.9 Å². The highest BCUT2D eigenvalue weighted by atomic mass is 79.9. The Hall–Kier alpha value is -0.0500. The lowest BCUT2D eigenvalue weighted by Crippen LogP contribution is -1.83. The molecule has 2 aromatic rings. The van der Waals surface area contributed by atoms with E-state index >= 15 is 0 Å². The number of aryl methyl sites for hydroxylation is 1. The quantitative estimate of drug-likeness (QED) is 0.661. The van der Waals surface area contributed by atoms with Crippen molar-refractivity contribution < 1.29 is 0 Å². The van der Waals surface area contributed by atoms with Crippen LogP contribution in [0.3, 0.4) is 0 Å². The maximum atomic E-state index is 5.91. The van der Waals surface area contributed by atoms with Gasteiger partial charge in [-0.05, 0) is 45.4 Å². The molecular weight excluding hydrogens is 268 g/mol. The Labute approximate surface area is 94.7 Å². The summed E-state index contributed by atoms with van der Waals surface area (Å²) in [5, 5.41) is 1.28. The minimum Gasteiger partial charge on any atom is -0.128 e. The highest BCUT2D eigenvalue weighted by Gasteiger charge is 2.06. The molecule has 0 bridgehead atoms. The molecule has 0 N–H and O–H groups in total. The first-order valence-corrected chi connectivity index (χ1v) is 6.10. The van der Waals surface area contributed by atoms with Crippen molar-refractivity contribution in [3.05, 3.63) is 33.1 Å². The Bertz CT molecular complexity index is 447. The van der Waals surface area contributed by atoms with Gasteiger partial charge in [0.1, 0.15) is 0 Å². The van der Waals surface area contributed by atoms with Gasteiger partial charge in [0.05, 0.1) is 3.79 Å². The molecule has 0 fully saturated rings. The summed E-state index contributed by atoms with van der Waals surface area (Å²) in [4.78, 5) is 0. The van der Waals surface area contributed by atoms with Crippen molar-refractivity contribution in [2.24, 2.45) is 0 Å². The van der Waals surface area contributed by atoms with Gasteiger partial charge >= 0.3 is 0 Å². The van der Waals surface area contributed by atoms with Crippen LogP contribution < -0.4 is 0 Å². The highest BCUT2D eigenvalue weighted by molar-refractivity contribution is 9.11. The van der Waals surface area contributed by atoms with E-state index in [1.807, 2.05) is 0 Å². The molecule has 1 aromatic heterocycles. The number of hydrogen-bond acceptors (Lipinski definition) is 1. The van der Waals surface area contributed by atoms with Crippen LogP contribution >= 0.6 is 38.9 Å². The van der Waals surface area contributed by atoms with E-state index in [0.29, 0.717) is 5.88 Å². The molecule has 0 amide bonds. The Morgan fingerprint density at radius 2 is 2.23 bits per heavy atom. The van der Waals surface area contributed by atoms with Gasteiger partial charge in [-0.3, -0.25) is 0 Å². The fourth-order valence-electron chi connectivity index (χ4n) is 1.39. The first-order chi connectivity index (χ1) is 6.22. The first kappa shape index (κ1) is 9.50. The number of fused-ring (bicyclic) bond motifs is 1. The number of rotatable bonds is 1. The third-order valence-electron chi connectivity index (χ3n) is 2.13. The van der Waals surface area contributed by atoms with E-state index in [0.717, 1.165) is 0 Å². The lowest BCUT2D eigenvalue weighted by atomic mass is 10.1. The maximum Gasteiger partial charge on any atom is 0.0711 e. The average Bonchev–Trinajstić information content (AvgIpc) is 2.45. The van der Waals surface area contributed by atoms with Crippen LogP contribution in [0.25, 0.3) is 10.1 Å². The molecule has 0 aliphatic heterocycles. The monoisotopic (exact) mass is 274 g/mol. The number of benzene rings is 1. The van der Waals surface area contributed by atoms with Crippen LogP contribution in [-0.2, 0) is 5.88 Å². The maximum absolute atomic E-state index is 5.91. The SMILES string of the molecule is Cc1ccc2cc(Br)sc2c1CCl. The predicted molar refractivity (Wildman–Crippen MR) is 63.8 cm³/mol. The van der Waals surface area contributed by atoms with Crippen molar-refractivity contribution in [1.29, 1.82) is 0 Å². The molecule has 0 nitrogen and oxygen atoms in total. The standard InChI is InChI=1S/C10H8BrClS/c1-6-2-3-7-4-9(11)13-10(7)8(6)5-12/h2-4H,5H2,1H3. The van der Waals surface area contributed by atoms with Crippen LogP contribution in [0, 0.1) is 6.92 Å². The van der Waals surface area contributed by atoms with Crippen molar-refractivity contribution in [3.8, 4) is 0 Å². The van der Waals surface area contributed by atoms with Crippen LogP contribution in [0.1, 0.15) is 11.1 Å². The largest absolute Gasteiger partial charge is 0.128 e. The third-order valence-corrected chi connectivity index (χ3v) is 4.11. The summed E-state index contributed by atoms with van der Waals surface area (Å²) >= 11 is 11.1. The van der Waals surface area contributed by atoms with Gasteiger partial charge in [0.2, 0.25) is 0 Å². The van der Waals surface area contributed by atoms with E-state index in [9.17, 15) is 0 Å². The molecule has 2 rings (SSSR count). The summed E-state index contributed by atoms with van der Waals surface area (Å²) in [6, 6.07) is 6.40. The summed E-state index contributed by atoms with van der Waals surface area (Å²) < 4.78 is 2.47. The zero-order valence-corrected chi connectivity index (χ0v) is 10.3. The highest BCUT2D eigenvalue weighted by Crippen LogP contribution is 2.34. The van der Waals surface area contributed by atoms with E-state index in [2.05, 4.69) is 41.1 Å². The molecule has 3 heteroatoms. The molecule has 0 atom stereocenters. The Morgan fingerprint density at radius 3 is 2.92 bits per heavy atom. The van der Waals surface area contributed by atoms with Gasteiger partial charge in [-0.1, -0.05) is 12.1 Å². The Morgan fingerprint density at radius 1 is 1.46 bits per heavy atom. The minimum absolute atomic E-state index is 0.593. The summed E-state index contributed by atoms with van der Waals surface area (Å²) in [6.45, 7) is 2.10. The topological polar surface area (TPSA) is 0 Å². The number of hydrogen-bond donors (Lipinski definition) is 0. The third kappa shape index (κ3) is 1.63. The van der Waals surface area contributed by atoms with Gasteiger partial charge in [-0.2, -0.15) is 0 Å². The van der Waals surface area contributed by atoms with Crippen molar-refractivity contribution in [1.82, 2.24) is 0 Å². The van der Waals surface area contributed by atoms with E-state index < -0.39 is 0 Å². The van der Waals surface area contributed by atoms with Crippen molar-refractivity contribution in [2.75, 3.05) is 0 Å². The van der Waals surface area contributed by atoms with E-state index in [4.69, 9.17) is 11.6 Å². The van der Waals surface area contributed by atoms with Crippen molar-refractivity contribution in [3.63, 3.8) is 0 Å². The molecule has 0 aliphatic rings. The van der Waals surface area contributed by atoms with Crippen LogP contribution in [0.15, 0.2) is 22.0 Å². The van der Waals surface area contributed by atoms with E-state index in [1.165, 1.54) is 25.0 Å². The molecular formula is C10H8BrClS. The van der Waals surface area contributed by atoms with Crippen LogP contribution in [0.5, 0.6) is 0 Å². The van der Waals surface area contributed by atoms with Gasteiger partial charge in [0.15, 0.2) is 0 Å². The van der Waals surface area contributed by atoms with Gasteiger partial charge in [-0.25, -0.2) is 0 Å². The molecule has 1 aromatic carbocycles. The number of halogens is 2. The zero-order valence-electron chi connectivity index (χ0n) is 7.10. The zero-order chi connectivity index (χ0) is 9.42. The second kappa shape index (κ2) is 3.60. The first-order valence-electron chi connectivity index (χ1n) is 3.96. The second-order valence-corrected chi connectivity index (χ2v) is 5.66. The smallest absolute Gasteiger partial charge is 0.0711 e. The lowest BCUT2D eigenvalue weighted by molar-refractivity contribution is 1.35. The van der Waals surface area contributed by atoms with E-state index in [1.54, 1.807) is 11.3 Å². The van der Waals surface area contributed by atoms with Crippen LogP contribution in [-0.4, -0.2) is 0 Å². The summed E-state index contributed by atoms with van der Waals surface area (Å²) in [6.07, 6.45) is 0. The van der Waals surface area contributed by atoms with Gasteiger partial charge in [0, 0.05) is 10.6 Å². The molecule has 0 saturated carbocycles. The minimum atomic E-state index is 0.593. The summed E-state index contributed by atoms with van der Waals surface area (Å²) in [7, 11) is 0. The summed E-state index contributed by atoms with van der Waals surface area (Å²) in [5.74, 6) is 0.593. The number of thiophene rings is 1. The Kier molecular flexibility index (Phi) is 2.63. The van der Waals surface area contributed by atoms with Crippen molar-refractivity contribution >= 4 is 49.0 Å². The normalized spacial score (nSPS) is 11.0. The lowest BCUT2D eigenvalue weighted by Gasteiger charge is -2.02. The molecule has 0 unspecified atom stereocenters. The fourth-order valence-corrected chi connectivity index (χ4v) is 3.53. The molecule has 0 radical (unpaired) electrons. The molecule has 1 heterocycles. The molecule has 0 aliphatic carbocycles. The molecule has 68 valence electrons. The molecule has 0 saturated heterocycles. The van der Waals surface area contributed by atoms with E-state index in [-0.39, 0.29) is 0 Å². The second-order valence-electron chi connectivity index (χ2n) is 2.96. The number of alkyl halides is 1. The van der Waals surface area contributed by atoms with Crippen LogP contribution in [0.4, 0.5) is 0 Å². The van der Waals surface area contributed by atoms with Gasteiger partial charge in [0.25, 0.3) is 0 Å². The Balaban J connectivity index is 2.82. The van der Waals surface area contributed by atoms with Gasteiger partial charge < -0.3 is 0 Å². The molecule has 0 spiro atoms. The summed E-state index contributed by atoms with van der Waals surface area (Å²) in [5.41, 5.74) is 2.53. The van der Waals surface area contributed by atoms with Crippen LogP contribution in [0.2, 0.25) is 0 Å². The predicted octanol–water partition coefficient (Wildman–Crippen LogP) is 4.71. The fraction of sp³-hybridized carbons (Fsp3) is 0.200. The van der Waals surface area contributed by atoms with Crippen molar-refractivity contribution in [2.45, 2.75) is 12.8 Å². The average molecular weight is 276 g/mol. The molecule has 13 heavy (non-hydrogen) atoms.